The highest BCUT2D eigenvalue weighted by Gasteiger charge is 2.11. The topological polar surface area (TPSA) is 79.4 Å². The third-order valence-corrected chi connectivity index (χ3v) is 5.10. The minimum Gasteiger partial charge on any atom is -0.378 e. The van der Waals surface area contributed by atoms with Gasteiger partial charge in [-0.05, 0) is 48.9 Å². The Balaban J connectivity index is 1.41. The van der Waals surface area contributed by atoms with E-state index >= 15 is 0 Å². The van der Waals surface area contributed by atoms with Gasteiger partial charge >= 0.3 is 0 Å². The number of anilines is 4. The summed E-state index contributed by atoms with van der Waals surface area (Å²) >= 11 is 0. The average molecular weight is 418 g/mol. The second-order valence-corrected chi connectivity index (χ2v) is 7.41. The van der Waals surface area contributed by atoms with E-state index in [0.717, 1.165) is 55.4 Å². The van der Waals surface area contributed by atoms with Crippen LogP contribution in [0, 0.1) is 0 Å². The van der Waals surface area contributed by atoms with Crippen LogP contribution in [0.4, 0.5) is 23.0 Å². The Morgan fingerprint density at radius 3 is 2.42 bits per heavy atom. The Hall–Kier alpha value is -3.45. The largest absolute Gasteiger partial charge is 0.378 e. The zero-order valence-corrected chi connectivity index (χ0v) is 17.7. The van der Waals surface area contributed by atoms with Crippen molar-refractivity contribution >= 4 is 28.9 Å². The Morgan fingerprint density at radius 1 is 1.00 bits per heavy atom. The predicted octanol–water partition coefficient (Wildman–Crippen LogP) is 4.46. The van der Waals surface area contributed by atoms with E-state index in [0.29, 0.717) is 12.4 Å². The quantitative estimate of drug-likeness (QED) is 0.591. The Labute approximate surface area is 182 Å². The maximum Gasteiger partial charge on any atom is 0.227 e. The molecule has 7 nitrogen and oxygen atoms in total. The molecule has 0 aliphatic carbocycles. The molecular formula is C24H27N5O2. The molecule has 0 radical (unpaired) electrons. The average Bonchev–Trinajstić information content (AvgIpc) is 2.81. The molecule has 0 bridgehead atoms. The number of carbonyl (C=O) groups excluding carboxylic acids is 1. The number of morpholine rings is 1. The molecule has 1 aliphatic rings. The summed E-state index contributed by atoms with van der Waals surface area (Å²) in [6.45, 7) is 5.36. The van der Waals surface area contributed by atoms with Gasteiger partial charge in [0, 0.05) is 48.3 Å². The maximum atomic E-state index is 11.7. The van der Waals surface area contributed by atoms with E-state index in [2.05, 4.69) is 37.6 Å². The minimum atomic E-state index is 0.0309. The fraction of sp³-hybridized carbons (Fsp3) is 0.292. The summed E-state index contributed by atoms with van der Waals surface area (Å²) < 4.78 is 5.42. The van der Waals surface area contributed by atoms with Gasteiger partial charge in [-0.2, -0.15) is 0 Å². The molecular weight excluding hydrogens is 390 g/mol. The van der Waals surface area contributed by atoms with Crippen LogP contribution in [-0.4, -0.2) is 42.2 Å². The summed E-state index contributed by atoms with van der Waals surface area (Å²) in [5, 5.41) is 6.17. The number of nitrogens with one attached hydrogen (secondary N) is 2. The summed E-state index contributed by atoms with van der Waals surface area (Å²) in [4.78, 5) is 23.0. The first-order valence-electron chi connectivity index (χ1n) is 10.6. The third-order valence-electron chi connectivity index (χ3n) is 5.10. The van der Waals surface area contributed by atoms with Crippen LogP contribution in [0.5, 0.6) is 0 Å². The van der Waals surface area contributed by atoms with Gasteiger partial charge in [0.1, 0.15) is 0 Å². The van der Waals surface area contributed by atoms with Gasteiger partial charge in [0.25, 0.3) is 0 Å². The van der Waals surface area contributed by atoms with Crippen LogP contribution < -0.4 is 15.5 Å². The summed E-state index contributed by atoms with van der Waals surface area (Å²) in [6.07, 6.45) is 3.09. The highest BCUT2D eigenvalue weighted by atomic mass is 16.5. The van der Waals surface area contributed by atoms with Crippen LogP contribution in [-0.2, 0) is 9.53 Å². The molecule has 2 aromatic carbocycles. The number of rotatable bonds is 7. The third kappa shape index (κ3) is 5.58. The van der Waals surface area contributed by atoms with Crippen molar-refractivity contribution in [3.8, 4) is 11.3 Å². The molecule has 2 N–H and O–H groups in total. The molecule has 1 aromatic heterocycles. The lowest BCUT2D eigenvalue weighted by Crippen LogP contribution is -2.36. The van der Waals surface area contributed by atoms with E-state index in [1.54, 1.807) is 6.20 Å². The number of hydrogen-bond donors (Lipinski definition) is 2. The SMILES string of the molecule is CCCC(=O)Nc1ccc(-c2ccnc(Nc3ccc(N4CCOCC4)cc3)n2)cc1. The molecule has 0 spiro atoms. The van der Waals surface area contributed by atoms with Crippen LogP contribution >= 0.6 is 0 Å². The van der Waals surface area contributed by atoms with E-state index in [4.69, 9.17) is 4.74 Å². The number of nitrogens with zero attached hydrogens (tertiary/aromatic N) is 3. The molecule has 0 saturated carbocycles. The highest BCUT2D eigenvalue weighted by Crippen LogP contribution is 2.23. The van der Waals surface area contributed by atoms with Gasteiger partial charge in [0.05, 0.1) is 18.9 Å². The van der Waals surface area contributed by atoms with Gasteiger partial charge < -0.3 is 20.3 Å². The van der Waals surface area contributed by atoms with Gasteiger partial charge in [-0.3, -0.25) is 4.79 Å². The van der Waals surface area contributed by atoms with E-state index in [1.165, 1.54) is 5.69 Å². The van der Waals surface area contributed by atoms with Crippen LogP contribution in [0.25, 0.3) is 11.3 Å². The molecule has 160 valence electrons. The maximum absolute atomic E-state index is 11.7. The standard InChI is InChI=1S/C24H27N5O2/c1-2-3-23(30)26-19-6-4-18(5-7-19)22-12-13-25-24(28-22)27-20-8-10-21(11-9-20)29-14-16-31-17-15-29/h4-13H,2-3,14-17H2,1H3,(H,26,30)(H,25,27,28). The van der Waals surface area contributed by atoms with Crippen LogP contribution in [0.1, 0.15) is 19.8 Å². The first-order valence-corrected chi connectivity index (χ1v) is 10.6. The summed E-state index contributed by atoms with van der Waals surface area (Å²) in [5.74, 6) is 0.570. The Bertz CT molecular complexity index is 999. The molecule has 0 atom stereocenters. The van der Waals surface area contributed by atoms with Crippen molar-refractivity contribution in [1.29, 1.82) is 0 Å². The molecule has 4 rings (SSSR count). The Kier molecular flexibility index (Phi) is 6.74. The van der Waals surface area contributed by atoms with Crippen molar-refractivity contribution < 1.29 is 9.53 Å². The number of hydrogen-bond acceptors (Lipinski definition) is 6. The number of benzene rings is 2. The van der Waals surface area contributed by atoms with Crippen molar-refractivity contribution in [3.05, 3.63) is 60.8 Å². The van der Waals surface area contributed by atoms with Gasteiger partial charge in [0.15, 0.2) is 0 Å². The molecule has 1 aliphatic heterocycles. The van der Waals surface area contributed by atoms with Crippen molar-refractivity contribution in [2.45, 2.75) is 19.8 Å². The highest BCUT2D eigenvalue weighted by molar-refractivity contribution is 5.90. The Morgan fingerprint density at radius 2 is 1.71 bits per heavy atom. The fourth-order valence-corrected chi connectivity index (χ4v) is 3.46. The normalized spacial score (nSPS) is 13.6. The summed E-state index contributed by atoms with van der Waals surface area (Å²) in [6, 6.07) is 17.8. The summed E-state index contributed by atoms with van der Waals surface area (Å²) in [5.41, 5.74) is 4.68. The number of ether oxygens (including phenoxy) is 1. The lowest BCUT2D eigenvalue weighted by Gasteiger charge is -2.28. The number of carbonyl (C=O) groups is 1. The lowest BCUT2D eigenvalue weighted by atomic mass is 10.1. The van der Waals surface area contributed by atoms with E-state index < -0.39 is 0 Å². The molecule has 3 aromatic rings. The van der Waals surface area contributed by atoms with Crippen molar-refractivity contribution in [2.24, 2.45) is 0 Å². The first-order chi connectivity index (χ1) is 15.2. The second-order valence-electron chi connectivity index (χ2n) is 7.41. The smallest absolute Gasteiger partial charge is 0.227 e. The van der Waals surface area contributed by atoms with Crippen LogP contribution in [0.15, 0.2) is 60.8 Å². The van der Waals surface area contributed by atoms with Crippen LogP contribution in [0.2, 0.25) is 0 Å². The van der Waals surface area contributed by atoms with Gasteiger partial charge in [-0.15, -0.1) is 0 Å². The molecule has 31 heavy (non-hydrogen) atoms. The van der Waals surface area contributed by atoms with Gasteiger partial charge in [-0.25, -0.2) is 9.97 Å². The molecule has 0 unspecified atom stereocenters. The molecule has 2 heterocycles. The van der Waals surface area contributed by atoms with Crippen molar-refractivity contribution in [1.82, 2.24) is 9.97 Å². The minimum absolute atomic E-state index is 0.0309. The zero-order chi connectivity index (χ0) is 21.5. The van der Waals surface area contributed by atoms with Crippen LogP contribution in [0.3, 0.4) is 0 Å². The lowest BCUT2D eigenvalue weighted by molar-refractivity contribution is -0.116. The molecule has 1 saturated heterocycles. The zero-order valence-electron chi connectivity index (χ0n) is 17.7. The van der Waals surface area contributed by atoms with E-state index in [1.807, 2.05) is 49.4 Å². The first kappa shape index (κ1) is 20.8. The second kappa shape index (κ2) is 10.0. The monoisotopic (exact) mass is 417 g/mol. The molecule has 7 heteroatoms. The molecule has 1 amide bonds. The fourth-order valence-electron chi connectivity index (χ4n) is 3.46. The van der Waals surface area contributed by atoms with Gasteiger partial charge in [-0.1, -0.05) is 19.1 Å². The molecule has 1 fully saturated rings. The summed E-state index contributed by atoms with van der Waals surface area (Å²) in [7, 11) is 0. The predicted molar refractivity (Wildman–Crippen MR) is 124 cm³/mol. The van der Waals surface area contributed by atoms with Crippen molar-refractivity contribution in [2.75, 3.05) is 41.8 Å². The van der Waals surface area contributed by atoms with E-state index in [-0.39, 0.29) is 5.91 Å². The number of aromatic nitrogens is 2. The van der Waals surface area contributed by atoms with Crippen molar-refractivity contribution in [3.63, 3.8) is 0 Å². The van der Waals surface area contributed by atoms with Gasteiger partial charge in [0.2, 0.25) is 11.9 Å². The number of amides is 1. The van der Waals surface area contributed by atoms with E-state index in [9.17, 15) is 4.79 Å².